The Morgan fingerprint density at radius 3 is 2.31 bits per heavy atom. The number of para-hydroxylation sites is 1. The van der Waals surface area contributed by atoms with Gasteiger partial charge in [0.05, 0.1) is 28.9 Å². The third kappa shape index (κ3) is 6.49. The molecule has 0 bridgehead atoms. The SMILES string of the molecule is COc1c(Cl)cccc1-c1c(C(F)(F)F)cc2c(N(N)C3CCN(C(=O)OC(C)(C)C)CC3)c(N)c(N3CC(C)(N(C)C)C3)nc2c1F. The number of rotatable bonds is 6. The number of piperidine rings is 1. The Balaban J connectivity index is 1.68. The summed E-state index contributed by atoms with van der Waals surface area (Å²) in [6.07, 6.45) is -4.74. The van der Waals surface area contributed by atoms with Crippen molar-refractivity contribution in [3.63, 3.8) is 0 Å². The first-order chi connectivity index (χ1) is 22.3. The van der Waals surface area contributed by atoms with Gasteiger partial charge in [0, 0.05) is 48.7 Å². The standard InChI is InChI=1S/C33H42ClF4N7O3/c1-31(2,3)48-30(46)43-13-11-18(12-14-43)45(40)27-20-15-21(33(36,37)38)23(19-9-8-10-22(34)28(19)47-7)24(35)26(20)41-29(25(27)39)44-16-32(4,17-44)42(5)6/h8-10,15,18H,11-14,16-17,39-40H2,1-7H3. The van der Waals surface area contributed by atoms with Gasteiger partial charge in [0.25, 0.3) is 0 Å². The van der Waals surface area contributed by atoms with Crippen LogP contribution in [0.25, 0.3) is 22.0 Å². The maximum absolute atomic E-state index is 16.9. The second-order valence-corrected chi connectivity index (χ2v) is 14.3. The highest BCUT2D eigenvalue weighted by molar-refractivity contribution is 6.32. The van der Waals surface area contributed by atoms with Gasteiger partial charge < -0.3 is 34.9 Å². The predicted molar refractivity (Wildman–Crippen MR) is 180 cm³/mol. The normalized spacial score (nSPS) is 17.1. The average Bonchev–Trinajstić information content (AvgIpc) is 2.97. The Morgan fingerprint density at radius 1 is 1.15 bits per heavy atom. The lowest BCUT2D eigenvalue weighted by molar-refractivity contribution is -0.137. The van der Waals surface area contributed by atoms with Crippen LogP contribution in [0.3, 0.4) is 0 Å². The summed E-state index contributed by atoms with van der Waals surface area (Å²) in [5.41, 5.74) is 3.35. The number of likely N-dealkylation sites (tertiary alicyclic amines) is 1. The van der Waals surface area contributed by atoms with Crippen molar-refractivity contribution < 1.29 is 31.8 Å². The molecule has 0 saturated carbocycles. The molecule has 3 heterocycles. The van der Waals surface area contributed by atoms with Crippen molar-refractivity contribution in [2.75, 3.05) is 63.0 Å². The molecule has 0 unspecified atom stereocenters. The van der Waals surface area contributed by atoms with Gasteiger partial charge in [-0.1, -0.05) is 23.7 Å². The van der Waals surface area contributed by atoms with E-state index in [2.05, 4.69) is 16.8 Å². The summed E-state index contributed by atoms with van der Waals surface area (Å²) in [7, 11) is 5.13. The highest BCUT2D eigenvalue weighted by Gasteiger charge is 2.44. The van der Waals surface area contributed by atoms with Crippen LogP contribution in [0.2, 0.25) is 5.02 Å². The minimum atomic E-state index is -4.99. The molecule has 48 heavy (non-hydrogen) atoms. The van der Waals surface area contributed by atoms with Crippen molar-refractivity contribution in [1.29, 1.82) is 0 Å². The first kappa shape index (κ1) is 35.6. The number of anilines is 3. The van der Waals surface area contributed by atoms with E-state index in [0.29, 0.717) is 25.9 Å². The van der Waals surface area contributed by atoms with E-state index >= 15 is 4.39 Å². The first-order valence-electron chi connectivity index (χ1n) is 15.6. The molecule has 2 fully saturated rings. The molecular weight excluding hydrogens is 654 g/mol. The zero-order valence-corrected chi connectivity index (χ0v) is 28.9. The predicted octanol–water partition coefficient (Wildman–Crippen LogP) is 6.52. The number of hydrazine groups is 1. The Hall–Kier alpha value is -3.75. The number of alkyl halides is 3. The van der Waals surface area contributed by atoms with Gasteiger partial charge >= 0.3 is 12.3 Å². The minimum Gasteiger partial charge on any atom is -0.495 e. The van der Waals surface area contributed by atoms with E-state index < -0.39 is 40.9 Å². The Bertz CT molecular complexity index is 1720. The molecule has 1 aromatic heterocycles. The highest BCUT2D eigenvalue weighted by atomic mass is 35.5. The van der Waals surface area contributed by atoms with Crippen molar-refractivity contribution in [2.45, 2.75) is 63.9 Å². The van der Waals surface area contributed by atoms with Crippen LogP contribution in [0.1, 0.15) is 46.1 Å². The number of ether oxygens (including phenoxy) is 2. The fraction of sp³-hybridized carbons (Fsp3) is 0.515. The van der Waals surface area contributed by atoms with Gasteiger partial charge in [-0.25, -0.2) is 20.0 Å². The number of methoxy groups -OCH3 is 1. The van der Waals surface area contributed by atoms with Gasteiger partial charge in [0.1, 0.15) is 22.6 Å². The van der Waals surface area contributed by atoms with Crippen LogP contribution in [0, 0.1) is 5.82 Å². The molecule has 2 aromatic carbocycles. The van der Waals surface area contributed by atoms with Crippen molar-refractivity contribution in [2.24, 2.45) is 5.84 Å². The van der Waals surface area contributed by atoms with Crippen molar-refractivity contribution >= 4 is 45.8 Å². The largest absolute Gasteiger partial charge is 0.495 e. The van der Waals surface area contributed by atoms with Gasteiger partial charge in [-0.2, -0.15) is 13.2 Å². The Kier molecular flexibility index (Phi) is 9.34. The maximum Gasteiger partial charge on any atom is 0.417 e. The first-order valence-corrected chi connectivity index (χ1v) is 15.9. The quantitative estimate of drug-likeness (QED) is 0.169. The fourth-order valence-electron chi connectivity index (χ4n) is 6.31. The number of likely N-dealkylation sites (N-methyl/N-ethyl adjacent to an activating group) is 1. The summed E-state index contributed by atoms with van der Waals surface area (Å²) in [6.45, 7) is 8.92. The number of halogens is 5. The molecule has 10 nitrogen and oxygen atoms in total. The van der Waals surface area contributed by atoms with E-state index in [9.17, 15) is 18.0 Å². The third-order valence-electron chi connectivity index (χ3n) is 9.17. The van der Waals surface area contributed by atoms with Crippen LogP contribution in [0.4, 0.5) is 39.5 Å². The Labute approximate surface area is 282 Å². The summed E-state index contributed by atoms with van der Waals surface area (Å²) in [5, 5.41) is 1.13. The highest BCUT2D eigenvalue weighted by Crippen LogP contribution is 2.49. The second kappa shape index (κ2) is 12.6. The minimum absolute atomic E-state index is 0.0173. The van der Waals surface area contributed by atoms with E-state index in [1.807, 2.05) is 19.0 Å². The van der Waals surface area contributed by atoms with Crippen molar-refractivity contribution in [3.05, 3.63) is 40.7 Å². The summed E-state index contributed by atoms with van der Waals surface area (Å²) in [4.78, 5) is 22.7. The summed E-state index contributed by atoms with van der Waals surface area (Å²) >= 11 is 6.27. The number of nitrogen functional groups attached to an aromatic ring is 1. The molecule has 15 heteroatoms. The summed E-state index contributed by atoms with van der Waals surface area (Å²) < 4.78 is 72.2. The van der Waals surface area contributed by atoms with E-state index in [-0.39, 0.29) is 63.1 Å². The molecule has 2 saturated heterocycles. The van der Waals surface area contributed by atoms with Crippen LogP contribution in [0.5, 0.6) is 5.75 Å². The number of benzene rings is 2. The number of carbonyl (C=O) groups is 1. The smallest absolute Gasteiger partial charge is 0.417 e. The number of hydrogen-bond donors (Lipinski definition) is 2. The number of nitrogens with two attached hydrogens (primary N) is 2. The number of carbonyl (C=O) groups excluding carboxylic acids is 1. The average molecular weight is 696 g/mol. The maximum atomic E-state index is 16.9. The van der Waals surface area contributed by atoms with Gasteiger partial charge in [0.2, 0.25) is 0 Å². The topological polar surface area (TPSA) is 113 Å². The fourth-order valence-corrected chi connectivity index (χ4v) is 6.56. The molecule has 2 aliphatic rings. The Morgan fingerprint density at radius 2 is 1.77 bits per heavy atom. The van der Waals surface area contributed by atoms with Crippen molar-refractivity contribution in [1.82, 2.24) is 14.8 Å². The zero-order chi connectivity index (χ0) is 35.5. The molecule has 2 aliphatic heterocycles. The van der Waals surface area contributed by atoms with Gasteiger partial charge in [0.15, 0.2) is 11.6 Å². The lowest BCUT2D eigenvalue weighted by atomic mass is 9.90. The zero-order valence-electron chi connectivity index (χ0n) is 28.1. The van der Waals surface area contributed by atoms with Crippen LogP contribution < -0.4 is 26.2 Å². The van der Waals surface area contributed by atoms with Gasteiger partial charge in [-0.15, -0.1) is 0 Å². The van der Waals surface area contributed by atoms with E-state index in [4.69, 9.17) is 32.7 Å². The molecule has 1 amide bonds. The van der Waals surface area contributed by atoms with Crippen LogP contribution in [-0.2, 0) is 10.9 Å². The van der Waals surface area contributed by atoms with E-state index in [0.717, 1.165) is 6.07 Å². The molecule has 5 rings (SSSR count). The third-order valence-corrected chi connectivity index (χ3v) is 9.46. The van der Waals surface area contributed by atoms with Crippen LogP contribution in [0.15, 0.2) is 24.3 Å². The lowest BCUT2D eigenvalue weighted by Crippen LogP contribution is -2.67. The van der Waals surface area contributed by atoms with E-state index in [1.54, 1.807) is 25.7 Å². The second-order valence-electron chi connectivity index (χ2n) is 13.9. The molecule has 0 atom stereocenters. The molecular formula is C33H42ClF4N7O3. The molecule has 3 aromatic rings. The molecule has 0 aliphatic carbocycles. The number of fused-ring (bicyclic) bond motifs is 1. The van der Waals surface area contributed by atoms with Crippen LogP contribution in [-0.4, -0.2) is 85.4 Å². The van der Waals surface area contributed by atoms with Gasteiger partial charge in [-0.3, -0.25) is 0 Å². The molecule has 4 N–H and O–H groups in total. The number of pyridine rings is 1. The number of hydrogen-bond acceptors (Lipinski definition) is 9. The summed E-state index contributed by atoms with van der Waals surface area (Å²) in [6, 6.07) is 4.57. The summed E-state index contributed by atoms with van der Waals surface area (Å²) in [5.74, 6) is 5.62. The number of aromatic nitrogens is 1. The molecule has 0 spiro atoms. The molecule has 0 radical (unpaired) electrons. The lowest BCUT2D eigenvalue weighted by Gasteiger charge is -2.52. The van der Waals surface area contributed by atoms with Crippen LogP contribution >= 0.6 is 11.6 Å². The number of nitrogens with zero attached hydrogens (tertiary/aromatic N) is 5. The monoisotopic (exact) mass is 695 g/mol. The van der Waals surface area contributed by atoms with Crippen molar-refractivity contribution in [3.8, 4) is 16.9 Å². The van der Waals surface area contributed by atoms with Gasteiger partial charge in [-0.05, 0) is 66.8 Å². The number of amides is 1. The molecule has 262 valence electrons. The van der Waals surface area contributed by atoms with E-state index in [1.165, 1.54) is 30.3 Å².